The number of fused-ring (bicyclic) bond motifs is 1. The lowest BCUT2D eigenvalue weighted by molar-refractivity contribution is -0.114. The van der Waals surface area contributed by atoms with E-state index in [2.05, 4.69) is 4.99 Å². The molecule has 0 saturated carbocycles. The van der Waals surface area contributed by atoms with Crippen LogP contribution < -0.4 is 9.47 Å². The van der Waals surface area contributed by atoms with Crippen molar-refractivity contribution in [3.63, 3.8) is 0 Å². The third-order valence-corrected chi connectivity index (χ3v) is 6.43. The van der Waals surface area contributed by atoms with Gasteiger partial charge in [0, 0.05) is 11.0 Å². The second-order valence-corrected chi connectivity index (χ2v) is 8.78. The van der Waals surface area contributed by atoms with Crippen molar-refractivity contribution in [2.75, 3.05) is 6.61 Å². The van der Waals surface area contributed by atoms with Gasteiger partial charge in [-0.1, -0.05) is 66.4 Å². The van der Waals surface area contributed by atoms with Crippen molar-refractivity contribution in [2.45, 2.75) is 13.5 Å². The molecule has 0 fully saturated rings. The third kappa shape index (κ3) is 4.67. The second kappa shape index (κ2) is 10.2. The predicted octanol–water partition coefficient (Wildman–Crippen LogP) is 6.11. The quantitative estimate of drug-likeness (QED) is 0.397. The largest absolute Gasteiger partial charge is 0.490 e. The molecule has 0 radical (unpaired) electrons. The Morgan fingerprint density at radius 3 is 2.58 bits per heavy atom. The summed E-state index contributed by atoms with van der Waals surface area (Å²) in [6.07, 6.45) is 1.62. The number of hydrogen-bond donors (Lipinski definition) is 1. The smallest absolute Gasteiger partial charge is 0.283 e. The molecule has 0 unspecified atom stereocenters. The molecule has 8 heteroatoms. The zero-order chi connectivity index (χ0) is 25.1. The monoisotopic (exact) mass is 499 g/mol. The fourth-order valence-electron chi connectivity index (χ4n) is 3.85. The summed E-state index contributed by atoms with van der Waals surface area (Å²) in [4.78, 5) is 18.7. The predicted molar refractivity (Wildman–Crippen MR) is 140 cm³/mol. The minimum absolute atomic E-state index is 0.0506. The first-order chi connectivity index (χ1) is 17.5. The van der Waals surface area contributed by atoms with Crippen molar-refractivity contribution in [3.8, 4) is 11.5 Å². The fourth-order valence-corrected chi connectivity index (χ4v) is 4.74. The normalized spacial score (nSPS) is 16.1. The highest BCUT2D eigenvalue weighted by Crippen LogP contribution is 2.38. The maximum absolute atomic E-state index is 14.0. The number of benzene rings is 3. The zero-order valence-electron chi connectivity index (χ0n) is 19.4. The van der Waals surface area contributed by atoms with Gasteiger partial charge in [0.1, 0.15) is 18.3 Å². The van der Waals surface area contributed by atoms with Crippen molar-refractivity contribution in [2.24, 2.45) is 4.99 Å². The van der Waals surface area contributed by atoms with Crippen LogP contribution in [0.2, 0.25) is 0 Å². The van der Waals surface area contributed by atoms with Gasteiger partial charge in [0.25, 0.3) is 5.91 Å². The molecular weight excluding hydrogens is 477 g/mol. The molecule has 2 aliphatic heterocycles. The molecular formula is C28H22FN3O3S. The number of carbonyl (C=O) groups excluding carboxylic acids is 1. The summed E-state index contributed by atoms with van der Waals surface area (Å²) in [6.45, 7) is 2.30. The molecule has 0 spiro atoms. The molecule has 0 saturated heterocycles. The summed E-state index contributed by atoms with van der Waals surface area (Å²) in [7, 11) is 0. The van der Waals surface area contributed by atoms with E-state index in [4.69, 9.17) is 14.9 Å². The van der Waals surface area contributed by atoms with Crippen LogP contribution in [0.5, 0.6) is 11.5 Å². The second-order valence-electron chi connectivity index (χ2n) is 7.95. The lowest BCUT2D eigenvalue weighted by Crippen LogP contribution is -2.38. The van der Waals surface area contributed by atoms with E-state index in [1.165, 1.54) is 17.8 Å². The van der Waals surface area contributed by atoms with Crippen molar-refractivity contribution < 1.29 is 18.7 Å². The third-order valence-electron chi connectivity index (χ3n) is 5.60. The Kier molecular flexibility index (Phi) is 6.69. The number of nitrogens with zero attached hydrogens (tertiary/aromatic N) is 2. The van der Waals surface area contributed by atoms with Crippen molar-refractivity contribution in [1.29, 1.82) is 5.41 Å². The van der Waals surface area contributed by atoms with Gasteiger partial charge in [-0.25, -0.2) is 4.39 Å². The number of rotatable bonds is 7. The number of carbonyl (C=O) groups is 1. The molecule has 5 rings (SSSR count). The highest BCUT2D eigenvalue weighted by molar-refractivity contribution is 8.17. The minimum Gasteiger partial charge on any atom is -0.490 e. The Morgan fingerprint density at radius 1 is 1.03 bits per heavy atom. The van der Waals surface area contributed by atoms with E-state index in [0.29, 0.717) is 34.4 Å². The van der Waals surface area contributed by atoms with Gasteiger partial charge in [-0.05, 0) is 42.3 Å². The summed E-state index contributed by atoms with van der Waals surface area (Å²) < 4.78 is 25.6. The number of halogens is 1. The standard InChI is InChI=1S/C28H22FN3O3S/c1-2-34-25-15-18(12-13-24(25)35-16-20-10-6-7-11-22(20)29)14-21-26(30)32-23(19-8-4-3-5-9-19)17-36-28(32)31-27(21)33/h3-15,17,30H,2,16H2,1H3/b21-14-,30-26?. The lowest BCUT2D eigenvalue weighted by atomic mass is 10.1. The van der Waals surface area contributed by atoms with E-state index in [1.54, 1.807) is 47.4 Å². The molecule has 3 aromatic rings. The van der Waals surface area contributed by atoms with Crippen LogP contribution in [-0.4, -0.2) is 28.4 Å². The lowest BCUT2D eigenvalue weighted by Gasteiger charge is -2.27. The molecule has 0 atom stereocenters. The van der Waals surface area contributed by atoms with E-state index in [0.717, 1.165) is 11.3 Å². The molecule has 2 heterocycles. The van der Waals surface area contributed by atoms with Crippen LogP contribution in [-0.2, 0) is 11.4 Å². The molecule has 36 heavy (non-hydrogen) atoms. The van der Waals surface area contributed by atoms with Crippen molar-refractivity contribution in [3.05, 3.63) is 106 Å². The van der Waals surface area contributed by atoms with Crippen LogP contribution in [0.1, 0.15) is 23.6 Å². The van der Waals surface area contributed by atoms with Crippen LogP contribution >= 0.6 is 11.8 Å². The summed E-state index contributed by atoms with van der Waals surface area (Å²) >= 11 is 1.32. The zero-order valence-corrected chi connectivity index (χ0v) is 20.2. The number of ether oxygens (including phenoxy) is 2. The Balaban J connectivity index is 1.42. The first kappa shape index (κ1) is 23.6. The number of aliphatic imine (C=N–C) groups is 1. The van der Waals surface area contributed by atoms with Gasteiger partial charge in [-0.3, -0.25) is 15.1 Å². The average Bonchev–Trinajstić information content (AvgIpc) is 3.31. The van der Waals surface area contributed by atoms with Gasteiger partial charge >= 0.3 is 0 Å². The summed E-state index contributed by atoms with van der Waals surface area (Å²) in [5.74, 6) is 0.166. The van der Waals surface area contributed by atoms with E-state index in [1.807, 2.05) is 42.7 Å². The van der Waals surface area contributed by atoms with E-state index >= 15 is 0 Å². The molecule has 1 N–H and O–H groups in total. The SMILES string of the molecule is CCOc1cc(/C=C2/C(=N)N3C(c4ccccc4)=CSC3=NC2=O)ccc1OCc1ccccc1F. The number of nitrogens with one attached hydrogen (secondary N) is 1. The Labute approximate surface area is 212 Å². The van der Waals surface area contributed by atoms with E-state index in [9.17, 15) is 9.18 Å². The van der Waals surface area contributed by atoms with Crippen LogP contribution in [0.4, 0.5) is 4.39 Å². The van der Waals surface area contributed by atoms with Crippen LogP contribution in [0, 0.1) is 11.2 Å². The fraction of sp³-hybridized carbons (Fsp3) is 0.107. The maximum atomic E-state index is 14.0. The summed E-state index contributed by atoms with van der Waals surface area (Å²) in [5.41, 5.74) is 3.00. The van der Waals surface area contributed by atoms with Gasteiger partial charge < -0.3 is 9.47 Å². The number of hydrogen-bond acceptors (Lipinski definition) is 5. The van der Waals surface area contributed by atoms with Crippen molar-refractivity contribution in [1.82, 2.24) is 4.90 Å². The number of amidine groups is 2. The Morgan fingerprint density at radius 2 is 1.81 bits per heavy atom. The van der Waals surface area contributed by atoms with Crippen LogP contribution in [0.3, 0.4) is 0 Å². The summed E-state index contributed by atoms with van der Waals surface area (Å²) in [6, 6.07) is 21.3. The highest BCUT2D eigenvalue weighted by atomic mass is 32.2. The Bertz CT molecular complexity index is 1430. The first-order valence-electron chi connectivity index (χ1n) is 11.3. The van der Waals surface area contributed by atoms with E-state index in [-0.39, 0.29) is 23.8 Å². The molecule has 2 aliphatic rings. The molecule has 6 nitrogen and oxygen atoms in total. The molecule has 0 aromatic heterocycles. The number of amides is 1. The van der Waals surface area contributed by atoms with Gasteiger partial charge in [-0.2, -0.15) is 4.99 Å². The maximum Gasteiger partial charge on any atom is 0.283 e. The molecule has 0 aliphatic carbocycles. The van der Waals surface area contributed by atoms with Gasteiger partial charge in [0.15, 0.2) is 16.7 Å². The van der Waals surface area contributed by atoms with Crippen LogP contribution in [0.15, 0.2) is 88.8 Å². The van der Waals surface area contributed by atoms with Gasteiger partial charge in [0.05, 0.1) is 17.9 Å². The molecule has 180 valence electrons. The molecule has 3 aromatic carbocycles. The van der Waals surface area contributed by atoms with Crippen molar-refractivity contribution >= 4 is 40.4 Å². The topological polar surface area (TPSA) is 75.0 Å². The minimum atomic E-state index is -0.473. The van der Waals surface area contributed by atoms with Gasteiger partial charge in [0.2, 0.25) is 0 Å². The summed E-state index contributed by atoms with van der Waals surface area (Å²) in [5, 5.41) is 11.2. The average molecular weight is 500 g/mol. The van der Waals surface area contributed by atoms with Crippen LogP contribution in [0.25, 0.3) is 11.8 Å². The van der Waals surface area contributed by atoms with Gasteiger partial charge in [-0.15, -0.1) is 0 Å². The number of thioether (sulfide) groups is 1. The highest BCUT2D eigenvalue weighted by Gasteiger charge is 2.36. The molecule has 1 amide bonds. The molecule has 0 bridgehead atoms. The van der Waals surface area contributed by atoms with E-state index < -0.39 is 5.91 Å². The Hall–Kier alpha value is -4.17. The first-order valence-corrected chi connectivity index (χ1v) is 12.2.